The van der Waals surface area contributed by atoms with E-state index in [0.29, 0.717) is 19.0 Å². The Kier molecular flexibility index (Phi) is 8.29. The number of carboxylic acids is 1. The summed E-state index contributed by atoms with van der Waals surface area (Å²) in [4.78, 5) is 23.4. The molecule has 2 saturated carbocycles. The van der Waals surface area contributed by atoms with Crippen LogP contribution in [-0.4, -0.2) is 35.6 Å². The molecule has 0 unspecified atom stereocenters. The van der Waals surface area contributed by atoms with Gasteiger partial charge in [0.25, 0.3) is 0 Å². The number of carbonyl (C=O) groups excluding carboxylic acids is 1. The van der Waals surface area contributed by atoms with Crippen molar-refractivity contribution in [1.82, 2.24) is 10.6 Å². The van der Waals surface area contributed by atoms with Crippen LogP contribution in [0.2, 0.25) is 0 Å². The molecule has 0 saturated heterocycles. The summed E-state index contributed by atoms with van der Waals surface area (Å²) in [6.07, 6.45) is 14.8. The number of carboxylic acid groups (broad SMARTS) is 1. The highest BCUT2D eigenvalue weighted by Gasteiger charge is 2.22. The van der Waals surface area contributed by atoms with Crippen LogP contribution in [0.25, 0.3) is 0 Å². The number of allylic oxidation sites excluding steroid dienone is 1. The van der Waals surface area contributed by atoms with E-state index in [-0.39, 0.29) is 5.91 Å². The topological polar surface area (TPSA) is 78.4 Å². The summed E-state index contributed by atoms with van der Waals surface area (Å²) < 4.78 is 0. The van der Waals surface area contributed by atoms with Crippen LogP contribution in [-0.2, 0) is 9.59 Å². The molecule has 0 spiro atoms. The summed E-state index contributed by atoms with van der Waals surface area (Å²) in [5.74, 6) is -0.898. The summed E-state index contributed by atoms with van der Waals surface area (Å²) >= 11 is 0. The zero-order valence-corrected chi connectivity index (χ0v) is 14.7. The maximum absolute atomic E-state index is 12.0. The van der Waals surface area contributed by atoms with Crippen molar-refractivity contribution in [2.24, 2.45) is 0 Å². The Morgan fingerprint density at radius 3 is 2.29 bits per heavy atom. The molecule has 0 bridgehead atoms. The van der Waals surface area contributed by atoms with E-state index in [2.05, 4.69) is 10.6 Å². The molecule has 5 heteroatoms. The maximum atomic E-state index is 12.0. The van der Waals surface area contributed by atoms with Crippen molar-refractivity contribution in [3.8, 4) is 0 Å². The van der Waals surface area contributed by atoms with Gasteiger partial charge in [-0.05, 0) is 44.9 Å². The van der Waals surface area contributed by atoms with Crippen LogP contribution in [0.5, 0.6) is 0 Å². The molecule has 3 N–H and O–H groups in total. The Labute approximate surface area is 145 Å². The zero-order chi connectivity index (χ0) is 17.2. The average Bonchev–Trinajstić information content (AvgIpc) is 2.83. The number of hydrogen-bond donors (Lipinski definition) is 3. The van der Waals surface area contributed by atoms with Gasteiger partial charge in [-0.3, -0.25) is 9.59 Å². The normalized spacial score (nSPS) is 20.9. The molecule has 1 amide bonds. The largest absolute Gasteiger partial charge is 0.480 e. The van der Waals surface area contributed by atoms with E-state index in [1.807, 2.05) is 0 Å². The second kappa shape index (κ2) is 10.5. The van der Waals surface area contributed by atoms with Crippen molar-refractivity contribution in [2.75, 3.05) is 6.54 Å². The van der Waals surface area contributed by atoms with Gasteiger partial charge in [0.15, 0.2) is 0 Å². The van der Waals surface area contributed by atoms with Gasteiger partial charge in [-0.25, -0.2) is 0 Å². The molecule has 2 rings (SSSR count). The van der Waals surface area contributed by atoms with Crippen LogP contribution in [0, 0.1) is 0 Å². The van der Waals surface area contributed by atoms with Gasteiger partial charge in [0.1, 0.15) is 6.04 Å². The Bertz CT molecular complexity index is 432. The van der Waals surface area contributed by atoms with Crippen molar-refractivity contribution in [2.45, 2.75) is 89.1 Å². The molecule has 0 radical (unpaired) electrons. The van der Waals surface area contributed by atoms with E-state index in [0.717, 1.165) is 25.7 Å². The number of hydrogen-bond acceptors (Lipinski definition) is 3. The third-order valence-corrected chi connectivity index (χ3v) is 5.15. The number of amides is 1. The molecule has 0 aromatic rings. The maximum Gasteiger partial charge on any atom is 0.320 e. The summed E-state index contributed by atoms with van der Waals surface area (Å²) in [5, 5.41) is 15.5. The second-order valence-corrected chi connectivity index (χ2v) is 7.19. The van der Waals surface area contributed by atoms with Gasteiger partial charge in [0.2, 0.25) is 5.91 Å². The minimum atomic E-state index is -0.822. The van der Waals surface area contributed by atoms with Crippen LogP contribution in [0.4, 0.5) is 0 Å². The van der Waals surface area contributed by atoms with Crippen molar-refractivity contribution in [1.29, 1.82) is 0 Å². The van der Waals surface area contributed by atoms with E-state index < -0.39 is 12.0 Å². The lowest BCUT2D eigenvalue weighted by Crippen LogP contribution is -2.45. The molecular formula is C19H32N2O3. The van der Waals surface area contributed by atoms with E-state index in [1.54, 1.807) is 6.08 Å². The molecule has 2 aliphatic carbocycles. The fourth-order valence-corrected chi connectivity index (χ4v) is 3.74. The molecule has 0 aromatic heterocycles. The fourth-order valence-electron chi connectivity index (χ4n) is 3.74. The summed E-state index contributed by atoms with van der Waals surface area (Å²) in [7, 11) is 0. The van der Waals surface area contributed by atoms with Crippen LogP contribution in [0.1, 0.15) is 77.0 Å². The van der Waals surface area contributed by atoms with Crippen LogP contribution < -0.4 is 10.6 Å². The minimum Gasteiger partial charge on any atom is -0.480 e. The molecule has 2 aliphatic rings. The van der Waals surface area contributed by atoms with Gasteiger partial charge in [0, 0.05) is 18.7 Å². The molecule has 0 heterocycles. The first-order chi connectivity index (χ1) is 11.6. The Morgan fingerprint density at radius 2 is 1.67 bits per heavy atom. The van der Waals surface area contributed by atoms with Gasteiger partial charge in [-0.15, -0.1) is 0 Å². The third kappa shape index (κ3) is 7.04. The molecule has 136 valence electrons. The number of carbonyl (C=O) groups is 2. The fraction of sp³-hybridized carbons (Fsp3) is 0.789. The van der Waals surface area contributed by atoms with Crippen molar-refractivity contribution in [3.63, 3.8) is 0 Å². The number of aliphatic carboxylic acids is 1. The Balaban J connectivity index is 1.72. The molecular weight excluding hydrogens is 304 g/mol. The highest BCUT2D eigenvalue weighted by atomic mass is 16.4. The number of rotatable bonds is 7. The summed E-state index contributed by atoms with van der Waals surface area (Å²) in [5.41, 5.74) is 1.24. The Hall–Kier alpha value is -1.36. The minimum absolute atomic E-state index is 0.0753. The monoisotopic (exact) mass is 336 g/mol. The highest BCUT2D eigenvalue weighted by Crippen LogP contribution is 2.21. The third-order valence-electron chi connectivity index (χ3n) is 5.15. The van der Waals surface area contributed by atoms with Crippen LogP contribution >= 0.6 is 0 Å². The Morgan fingerprint density at radius 1 is 1.04 bits per heavy atom. The average molecular weight is 336 g/mol. The summed E-state index contributed by atoms with van der Waals surface area (Å²) in [6.45, 7) is 0.402. The van der Waals surface area contributed by atoms with Gasteiger partial charge >= 0.3 is 5.97 Å². The lowest BCUT2D eigenvalue weighted by atomic mass is 9.94. The highest BCUT2D eigenvalue weighted by molar-refractivity contribution is 5.88. The van der Waals surface area contributed by atoms with Gasteiger partial charge in [-0.1, -0.05) is 37.7 Å². The van der Waals surface area contributed by atoms with E-state index in [4.69, 9.17) is 0 Å². The van der Waals surface area contributed by atoms with E-state index in [1.165, 1.54) is 50.5 Å². The quantitative estimate of drug-likeness (QED) is 0.493. The smallest absolute Gasteiger partial charge is 0.320 e. The SMILES string of the molecule is O=C(C=C1CCCCCC1)NCC[C@H](NC1CCCCC1)C(=O)O. The first-order valence-electron chi connectivity index (χ1n) is 9.61. The van der Waals surface area contributed by atoms with Crippen LogP contribution in [0.3, 0.4) is 0 Å². The lowest BCUT2D eigenvalue weighted by molar-refractivity contribution is -0.140. The van der Waals surface area contributed by atoms with Gasteiger partial charge in [0.05, 0.1) is 0 Å². The van der Waals surface area contributed by atoms with E-state index in [9.17, 15) is 14.7 Å². The standard InChI is InChI=1S/C19H32N2O3/c22-18(14-15-8-4-1-2-5-9-15)20-13-12-17(19(23)24)21-16-10-6-3-7-11-16/h14,16-17,21H,1-13H2,(H,20,22)(H,23,24)/t17-/m0/s1. The lowest BCUT2D eigenvalue weighted by Gasteiger charge is -2.26. The van der Waals surface area contributed by atoms with Gasteiger partial charge < -0.3 is 15.7 Å². The molecule has 24 heavy (non-hydrogen) atoms. The zero-order valence-electron chi connectivity index (χ0n) is 14.7. The van der Waals surface area contributed by atoms with E-state index >= 15 is 0 Å². The second-order valence-electron chi connectivity index (χ2n) is 7.19. The van der Waals surface area contributed by atoms with Crippen LogP contribution in [0.15, 0.2) is 11.6 Å². The van der Waals surface area contributed by atoms with Crippen molar-refractivity contribution < 1.29 is 14.7 Å². The van der Waals surface area contributed by atoms with Gasteiger partial charge in [-0.2, -0.15) is 0 Å². The first kappa shape index (κ1) is 19.0. The molecule has 5 nitrogen and oxygen atoms in total. The first-order valence-corrected chi connectivity index (χ1v) is 9.61. The van der Waals surface area contributed by atoms with Crippen molar-refractivity contribution in [3.05, 3.63) is 11.6 Å². The predicted octanol–water partition coefficient (Wildman–Crippen LogP) is 3.15. The number of nitrogens with one attached hydrogen (secondary N) is 2. The predicted molar refractivity (Wildman–Crippen MR) is 94.8 cm³/mol. The van der Waals surface area contributed by atoms with Crippen molar-refractivity contribution >= 4 is 11.9 Å². The molecule has 2 fully saturated rings. The molecule has 0 aliphatic heterocycles. The molecule has 1 atom stereocenters. The molecule has 0 aromatic carbocycles. The summed E-state index contributed by atoms with van der Waals surface area (Å²) in [6, 6.07) is -0.261.